The van der Waals surface area contributed by atoms with Gasteiger partial charge in [0, 0.05) is 30.7 Å². The van der Waals surface area contributed by atoms with Gasteiger partial charge in [-0.2, -0.15) is 5.26 Å². The van der Waals surface area contributed by atoms with E-state index in [2.05, 4.69) is 16.0 Å². The quantitative estimate of drug-likeness (QED) is 0.924. The first-order chi connectivity index (χ1) is 12.1. The number of nitriles is 1. The second-order valence-electron chi connectivity index (χ2n) is 5.95. The fourth-order valence-electron chi connectivity index (χ4n) is 3.48. The number of carboxylic acids is 1. The van der Waals surface area contributed by atoms with E-state index < -0.39 is 17.9 Å². The molecule has 6 nitrogen and oxygen atoms in total. The van der Waals surface area contributed by atoms with Gasteiger partial charge in [-0.1, -0.05) is 31.2 Å². The van der Waals surface area contributed by atoms with Crippen LogP contribution in [0.3, 0.4) is 0 Å². The van der Waals surface area contributed by atoms with Crippen LogP contribution in [-0.2, 0) is 4.79 Å². The largest absolute Gasteiger partial charge is 0.480 e. The molecular weight excluding hydrogens is 316 g/mol. The molecule has 1 N–H and O–H groups in total. The van der Waals surface area contributed by atoms with Gasteiger partial charge in [0.15, 0.2) is 0 Å². The summed E-state index contributed by atoms with van der Waals surface area (Å²) in [4.78, 5) is 21.5. The second-order valence-corrected chi connectivity index (χ2v) is 5.95. The number of nitrogens with zero attached hydrogens (tertiary/aromatic N) is 4. The van der Waals surface area contributed by atoms with Gasteiger partial charge in [-0.15, -0.1) is 0 Å². The molecule has 6 heteroatoms. The minimum Gasteiger partial charge on any atom is -0.480 e. The molecule has 126 valence electrons. The molecule has 25 heavy (non-hydrogen) atoms. The molecule has 0 fully saturated rings. The van der Waals surface area contributed by atoms with Crippen LogP contribution in [0.5, 0.6) is 0 Å². The van der Waals surface area contributed by atoms with Crippen LogP contribution in [-0.4, -0.2) is 39.0 Å². The van der Waals surface area contributed by atoms with Crippen molar-refractivity contribution in [2.75, 3.05) is 7.05 Å². The minimum absolute atomic E-state index is 0.469. The van der Waals surface area contributed by atoms with Crippen molar-refractivity contribution >= 4 is 5.97 Å². The third kappa shape index (κ3) is 2.85. The molecule has 2 unspecified atom stereocenters. The van der Waals surface area contributed by atoms with Crippen LogP contribution in [0, 0.1) is 11.3 Å². The minimum atomic E-state index is -0.927. The molecule has 1 aromatic heterocycles. The number of likely N-dealkylation sites (N-methyl/N-ethyl adjacent to an activating group) is 1. The lowest BCUT2D eigenvalue weighted by Crippen LogP contribution is -2.37. The number of benzene rings is 1. The van der Waals surface area contributed by atoms with E-state index in [4.69, 9.17) is 0 Å². The zero-order valence-corrected chi connectivity index (χ0v) is 14.0. The van der Waals surface area contributed by atoms with Crippen LogP contribution in [0.15, 0.2) is 54.3 Å². The Labute approximate surface area is 146 Å². The molecular formula is C19H18N4O2. The van der Waals surface area contributed by atoms with E-state index in [0.29, 0.717) is 12.0 Å². The predicted molar refractivity (Wildman–Crippen MR) is 92.3 cm³/mol. The normalized spacial score (nSPS) is 19.8. The SMILES string of the molecule is CCC1=C(C#N)C(c2ccc(-c3cncnc3)cc2)C(C(=O)O)N1C. The predicted octanol–water partition coefficient (Wildman–Crippen LogP) is 2.81. The third-order valence-corrected chi connectivity index (χ3v) is 4.65. The standard InChI is InChI=1S/C19H18N4O2/c1-3-16-15(8-20)17(18(19(24)25)23(16)2)13-6-4-12(5-7-13)14-9-21-11-22-10-14/h4-7,9-11,17-18H,3H2,1-2H3,(H,24,25). The zero-order valence-electron chi connectivity index (χ0n) is 14.0. The van der Waals surface area contributed by atoms with Gasteiger partial charge in [-0.3, -0.25) is 0 Å². The molecule has 1 aliphatic rings. The van der Waals surface area contributed by atoms with Crippen molar-refractivity contribution in [2.45, 2.75) is 25.3 Å². The molecule has 0 radical (unpaired) electrons. The lowest BCUT2D eigenvalue weighted by Gasteiger charge is -2.25. The number of rotatable bonds is 4. The Morgan fingerprint density at radius 1 is 1.24 bits per heavy atom. The molecule has 0 saturated heterocycles. The van der Waals surface area contributed by atoms with Crippen molar-refractivity contribution in [3.63, 3.8) is 0 Å². The first-order valence-electron chi connectivity index (χ1n) is 8.02. The van der Waals surface area contributed by atoms with E-state index in [1.54, 1.807) is 24.3 Å². The van der Waals surface area contributed by atoms with E-state index in [0.717, 1.165) is 22.4 Å². The van der Waals surface area contributed by atoms with Gasteiger partial charge in [0.05, 0.1) is 17.6 Å². The van der Waals surface area contributed by atoms with Crippen molar-refractivity contribution in [3.8, 4) is 17.2 Å². The molecule has 2 heterocycles. The van der Waals surface area contributed by atoms with Gasteiger partial charge in [0.1, 0.15) is 12.4 Å². The van der Waals surface area contributed by atoms with E-state index >= 15 is 0 Å². The third-order valence-electron chi connectivity index (χ3n) is 4.65. The van der Waals surface area contributed by atoms with Crippen molar-refractivity contribution in [3.05, 3.63) is 59.8 Å². The average molecular weight is 334 g/mol. The maximum Gasteiger partial charge on any atom is 0.327 e. The Kier molecular flexibility index (Phi) is 4.48. The summed E-state index contributed by atoms with van der Waals surface area (Å²) in [6, 6.07) is 9.04. The first-order valence-corrected chi connectivity index (χ1v) is 8.02. The van der Waals surface area contributed by atoms with Crippen LogP contribution in [0.25, 0.3) is 11.1 Å². The first kappa shape index (κ1) is 16.7. The highest BCUT2D eigenvalue weighted by molar-refractivity contribution is 5.78. The van der Waals surface area contributed by atoms with Gasteiger partial charge in [0.2, 0.25) is 0 Å². The van der Waals surface area contributed by atoms with Crippen LogP contribution >= 0.6 is 0 Å². The van der Waals surface area contributed by atoms with Crippen molar-refractivity contribution in [2.24, 2.45) is 0 Å². The van der Waals surface area contributed by atoms with Gasteiger partial charge in [-0.25, -0.2) is 14.8 Å². The number of aromatic nitrogens is 2. The molecule has 1 aliphatic heterocycles. The van der Waals surface area contributed by atoms with Crippen molar-refractivity contribution < 1.29 is 9.90 Å². The highest BCUT2D eigenvalue weighted by atomic mass is 16.4. The summed E-state index contributed by atoms with van der Waals surface area (Å²) in [7, 11) is 1.74. The summed E-state index contributed by atoms with van der Waals surface area (Å²) < 4.78 is 0. The molecule has 2 aromatic rings. The molecule has 0 amide bonds. The number of hydrogen-bond acceptors (Lipinski definition) is 5. The van der Waals surface area contributed by atoms with Gasteiger partial charge < -0.3 is 10.0 Å². The molecule has 1 aromatic carbocycles. The Morgan fingerprint density at radius 3 is 2.40 bits per heavy atom. The number of allylic oxidation sites excluding steroid dienone is 1. The fourth-order valence-corrected chi connectivity index (χ4v) is 3.48. The molecule has 0 saturated carbocycles. The summed E-state index contributed by atoms with van der Waals surface area (Å²) in [6.45, 7) is 1.93. The highest BCUT2D eigenvalue weighted by Crippen LogP contribution is 2.41. The summed E-state index contributed by atoms with van der Waals surface area (Å²) in [5.74, 6) is -1.40. The average Bonchev–Trinajstić information content (AvgIpc) is 2.94. The van der Waals surface area contributed by atoms with E-state index in [1.807, 2.05) is 31.2 Å². The molecule has 0 spiro atoms. The Balaban J connectivity index is 2.03. The molecule has 2 atom stereocenters. The van der Waals surface area contributed by atoms with Crippen molar-refractivity contribution in [1.82, 2.24) is 14.9 Å². The molecule has 3 rings (SSSR count). The summed E-state index contributed by atoms with van der Waals surface area (Å²) in [6.07, 6.45) is 5.54. The van der Waals surface area contributed by atoms with Crippen molar-refractivity contribution in [1.29, 1.82) is 5.26 Å². The smallest absolute Gasteiger partial charge is 0.327 e. The summed E-state index contributed by atoms with van der Waals surface area (Å²) in [5, 5.41) is 19.3. The maximum atomic E-state index is 11.8. The highest BCUT2D eigenvalue weighted by Gasteiger charge is 2.43. The lowest BCUT2D eigenvalue weighted by atomic mass is 9.86. The number of carboxylic acid groups (broad SMARTS) is 1. The van der Waals surface area contributed by atoms with Crippen LogP contribution < -0.4 is 0 Å². The molecule has 0 aliphatic carbocycles. The van der Waals surface area contributed by atoms with Crippen LogP contribution in [0.2, 0.25) is 0 Å². The maximum absolute atomic E-state index is 11.8. The summed E-state index contributed by atoms with van der Waals surface area (Å²) in [5.41, 5.74) is 3.98. The van der Waals surface area contributed by atoms with E-state index in [9.17, 15) is 15.2 Å². The fraction of sp³-hybridized carbons (Fsp3) is 0.263. The lowest BCUT2D eigenvalue weighted by molar-refractivity contribution is -0.142. The number of aliphatic carboxylic acids is 1. The zero-order chi connectivity index (χ0) is 18.0. The van der Waals surface area contributed by atoms with Gasteiger partial charge >= 0.3 is 5.97 Å². The number of hydrogen-bond donors (Lipinski definition) is 1. The van der Waals surface area contributed by atoms with E-state index in [-0.39, 0.29) is 0 Å². The Bertz CT molecular complexity index is 853. The second kappa shape index (κ2) is 6.73. The Morgan fingerprint density at radius 2 is 1.88 bits per heavy atom. The molecule has 0 bridgehead atoms. The van der Waals surface area contributed by atoms with E-state index in [1.165, 1.54) is 6.33 Å². The monoisotopic (exact) mass is 334 g/mol. The van der Waals surface area contributed by atoms with Gasteiger partial charge in [0.25, 0.3) is 0 Å². The van der Waals surface area contributed by atoms with Gasteiger partial charge in [-0.05, 0) is 17.5 Å². The summed E-state index contributed by atoms with van der Waals surface area (Å²) >= 11 is 0. The topological polar surface area (TPSA) is 90.1 Å². The Hall–Kier alpha value is -3.20. The van der Waals surface area contributed by atoms with Crippen LogP contribution in [0.4, 0.5) is 0 Å². The van der Waals surface area contributed by atoms with Crippen LogP contribution in [0.1, 0.15) is 24.8 Å². The number of carbonyl (C=O) groups is 1.